The lowest BCUT2D eigenvalue weighted by molar-refractivity contribution is -0.139. The molecule has 8 heteroatoms. The molecule has 30 heavy (non-hydrogen) atoms. The molecule has 0 fully saturated rings. The van der Waals surface area contributed by atoms with Crippen molar-refractivity contribution in [1.29, 1.82) is 0 Å². The number of hydrogen-bond donors (Lipinski definition) is 3. The Morgan fingerprint density at radius 2 is 1.80 bits per heavy atom. The second kappa shape index (κ2) is 11.1. The maximum absolute atomic E-state index is 12.3. The first kappa shape index (κ1) is 23.0. The van der Waals surface area contributed by atoms with E-state index < -0.39 is 25.1 Å². The number of halogens is 2. The fourth-order valence-electron chi connectivity index (χ4n) is 2.75. The van der Waals surface area contributed by atoms with Gasteiger partial charge in [-0.05, 0) is 54.8 Å². The van der Waals surface area contributed by atoms with Crippen LogP contribution in [-0.4, -0.2) is 41.8 Å². The highest BCUT2D eigenvalue weighted by Gasteiger charge is 2.18. The molecule has 0 saturated heterocycles. The van der Waals surface area contributed by atoms with Gasteiger partial charge in [0.05, 0.1) is 6.61 Å². The number of hydrogen-bond acceptors (Lipinski definition) is 5. The molecular formula is C22H24F2N2O4. The maximum atomic E-state index is 12.3. The van der Waals surface area contributed by atoms with Crippen LogP contribution in [0.2, 0.25) is 0 Å². The predicted octanol–water partition coefficient (Wildman–Crippen LogP) is 4.38. The van der Waals surface area contributed by atoms with Crippen molar-refractivity contribution in [3.05, 3.63) is 65.7 Å². The summed E-state index contributed by atoms with van der Waals surface area (Å²) in [6.45, 7) is 0.370. The number of nitrogens with zero attached hydrogens (tertiary/aromatic N) is 1. The number of nitrogens with one attached hydrogen (secondary N) is 1. The van der Waals surface area contributed by atoms with Gasteiger partial charge < -0.3 is 20.3 Å². The Hall–Kier alpha value is -3.26. The predicted molar refractivity (Wildman–Crippen MR) is 112 cm³/mol. The topological polar surface area (TPSA) is 91.2 Å². The highest BCUT2D eigenvalue weighted by molar-refractivity contribution is 6.09. The van der Waals surface area contributed by atoms with Crippen molar-refractivity contribution in [2.24, 2.45) is 4.99 Å². The van der Waals surface area contributed by atoms with Crippen LogP contribution in [0.3, 0.4) is 0 Å². The fraction of sp³-hybridized carbons (Fsp3) is 0.273. The van der Waals surface area contributed by atoms with E-state index in [0.717, 1.165) is 16.8 Å². The van der Waals surface area contributed by atoms with E-state index in [0.29, 0.717) is 5.56 Å². The van der Waals surface area contributed by atoms with Gasteiger partial charge in [-0.2, -0.15) is 8.78 Å². The van der Waals surface area contributed by atoms with Gasteiger partial charge >= 0.3 is 12.6 Å². The number of alkyl halides is 2. The molecule has 0 amide bonds. The highest BCUT2D eigenvalue weighted by Crippen LogP contribution is 2.21. The lowest BCUT2D eigenvalue weighted by Gasteiger charge is -2.14. The largest absolute Gasteiger partial charge is 0.481 e. The van der Waals surface area contributed by atoms with Gasteiger partial charge in [-0.25, -0.2) is 0 Å². The highest BCUT2D eigenvalue weighted by atomic mass is 19.3. The summed E-state index contributed by atoms with van der Waals surface area (Å²) in [7, 11) is 0. The Labute approximate surface area is 173 Å². The minimum Gasteiger partial charge on any atom is -0.481 e. The molecule has 0 aromatic heterocycles. The third kappa shape index (κ3) is 6.66. The normalized spacial score (nSPS) is 14.0. The number of aliphatic hydroxyl groups excluding tert-OH is 1. The van der Waals surface area contributed by atoms with Crippen molar-refractivity contribution in [3.8, 4) is 5.75 Å². The first-order chi connectivity index (χ1) is 14.3. The van der Waals surface area contributed by atoms with Crippen LogP contribution in [0.25, 0.3) is 5.57 Å². The SMILES string of the molecule is C/C=C(\C=N/C(C)Nc1ccc(C(CO)C(=O)O)cc1)c1ccc(OC(F)F)cc1. The van der Waals surface area contributed by atoms with Crippen molar-refractivity contribution < 1.29 is 28.5 Å². The zero-order valence-electron chi connectivity index (χ0n) is 16.6. The van der Waals surface area contributed by atoms with E-state index >= 15 is 0 Å². The number of ether oxygens (including phenoxy) is 1. The summed E-state index contributed by atoms with van der Waals surface area (Å²) < 4.78 is 28.8. The van der Waals surface area contributed by atoms with Gasteiger partial charge in [-0.1, -0.05) is 30.3 Å². The van der Waals surface area contributed by atoms with Crippen molar-refractivity contribution >= 4 is 23.4 Å². The molecule has 2 atom stereocenters. The van der Waals surface area contributed by atoms with Gasteiger partial charge in [0.25, 0.3) is 0 Å². The van der Waals surface area contributed by atoms with Crippen molar-refractivity contribution in [1.82, 2.24) is 0 Å². The molecule has 2 rings (SSSR count). The Morgan fingerprint density at radius 3 is 2.30 bits per heavy atom. The third-order valence-corrected chi connectivity index (χ3v) is 4.33. The van der Waals surface area contributed by atoms with Gasteiger partial charge in [-0.3, -0.25) is 9.79 Å². The minimum atomic E-state index is -2.86. The van der Waals surface area contributed by atoms with Crippen LogP contribution in [0.15, 0.2) is 59.6 Å². The second-order valence-corrected chi connectivity index (χ2v) is 6.44. The lowest BCUT2D eigenvalue weighted by atomic mass is 10.00. The van der Waals surface area contributed by atoms with Crippen molar-refractivity contribution in [2.75, 3.05) is 11.9 Å². The molecule has 0 aliphatic carbocycles. The molecule has 0 aliphatic rings. The molecule has 2 aromatic carbocycles. The molecule has 0 spiro atoms. The Kier molecular flexibility index (Phi) is 8.49. The van der Waals surface area contributed by atoms with Crippen LogP contribution in [0.4, 0.5) is 14.5 Å². The monoisotopic (exact) mass is 418 g/mol. The van der Waals surface area contributed by atoms with Crippen LogP contribution in [0.5, 0.6) is 5.75 Å². The van der Waals surface area contributed by atoms with Crippen LogP contribution >= 0.6 is 0 Å². The summed E-state index contributed by atoms with van der Waals surface area (Å²) in [5.74, 6) is -1.95. The average molecular weight is 418 g/mol. The van der Waals surface area contributed by atoms with E-state index in [1.54, 1.807) is 42.6 Å². The zero-order chi connectivity index (χ0) is 22.1. The molecule has 0 radical (unpaired) electrons. The average Bonchev–Trinajstić information content (AvgIpc) is 2.70. The fourth-order valence-corrected chi connectivity index (χ4v) is 2.75. The number of carboxylic acid groups (broad SMARTS) is 1. The van der Waals surface area contributed by atoms with Crippen LogP contribution < -0.4 is 10.1 Å². The molecular weight excluding hydrogens is 394 g/mol. The van der Waals surface area contributed by atoms with E-state index in [1.165, 1.54) is 12.1 Å². The Morgan fingerprint density at radius 1 is 1.17 bits per heavy atom. The van der Waals surface area contributed by atoms with E-state index in [9.17, 15) is 18.7 Å². The maximum Gasteiger partial charge on any atom is 0.387 e. The molecule has 3 N–H and O–H groups in total. The van der Waals surface area contributed by atoms with Crippen LogP contribution in [0, 0.1) is 0 Å². The summed E-state index contributed by atoms with van der Waals surface area (Å²) in [4.78, 5) is 15.6. The van der Waals surface area contributed by atoms with E-state index in [-0.39, 0.29) is 11.9 Å². The van der Waals surface area contributed by atoms with Crippen molar-refractivity contribution in [3.63, 3.8) is 0 Å². The lowest BCUT2D eigenvalue weighted by Crippen LogP contribution is -2.16. The number of carbonyl (C=O) groups is 1. The van der Waals surface area contributed by atoms with Gasteiger partial charge in [0.2, 0.25) is 0 Å². The van der Waals surface area contributed by atoms with Crippen LogP contribution in [0.1, 0.15) is 30.9 Å². The van der Waals surface area contributed by atoms with Crippen molar-refractivity contribution in [2.45, 2.75) is 32.5 Å². The number of rotatable bonds is 10. The quantitative estimate of drug-likeness (QED) is 0.498. The summed E-state index contributed by atoms with van der Waals surface area (Å²) in [6.07, 6.45) is 3.26. The number of allylic oxidation sites excluding steroid dienone is 2. The van der Waals surface area contributed by atoms with E-state index in [1.807, 2.05) is 19.9 Å². The van der Waals surface area contributed by atoms with Gasteiger partial charge in [-0.15, -0.1) is 0 Å². The number of carboxylic acids is 1. The molecule has 160 valence electrons. The van der Waals surface area contributed by atoms with Crippen LogP contribution in [-0.2, 0) is 4.79 Å². The number of benzene rings is 2. The number of aliphatic carboxylic acids is 1. The standard InChI is InChI=1S/C22H24F2N2O4/c1-3-15(16-6-10-19(11-7-16)30-22(23)24)12-25-14(2)26-18-8-4-17(5-9-18)20(13-27)21(28)29/h3-12,14,20,22,26-27H,13H2,1-2H3,(H,28,29)/b15-3+,25-12-. The summed E-state index contributed by atoms with van der Waals surface area (Å²) in [6, 6.07) is 13.0. The summed E-state index contributed by atoms with van der Waals surface area (Å²) >= 11 is 0. The molecule has 2 aromatic rings. The zero-order valence-corrected chi connectivity index (χ0v) is 16.6. The van der Waals surface area contributed by atoms with E-state index in [4.69, 9.17) is 5.11 Å². The molecule has 0 saturated carbocycles. The summed E-state index contributed by atoms with van der Waals surface area (Å²) in [5.41, 5.74) is 2.89. The first-order valence-corrected chi connectivity index (χ1v) is 9.29. The smallest absolute Gasteiger partial charge is 0.387 e. The Bertz CT molecular complexity index is 881. The molecule has 6 nitrogen and oxygen atoms in total. The first-order valence-electron chi connectivity index (χ1n) is 9.29. The number of aliphatic imine (C=N–C) groups is 1. The number of anilines is 1. The number of aliphatic hydroxyl groups is 1. The van der Waals surface area contributed by atoms with E-state index in [2.05, 4.69) is 15.0 Å². The molecule has 2 unspecified atom stereocenters. The van der Waals surface area contributed by atoms with Gasteiger partial charge in [0.15, 0.2) is 0 Å². The second-order valence-electron chi connectivity index (χ2n) is 6.44. The Balaban J connectivity index is 2.00. The summed E-state index contributed by atoms with van der Waals surface area (Å²) in [5, 5.41) is 21.5. The minimum absolute atomic E-state index is 0.0889. The van der Waals surface area contributed by atoms with Gasteiger partial charge in [0, 0.05) is 11.9 Å². The van der Waals surface area contributed by atoms with Gasteiger partial charge in [0.1, 0.15) is 17.8 Å². The molecule has 0 heterocycles. The molecule has 0 bridgehead atoms. The molecule has 0 aliphatic heterocycles. The third-order valence-electron chi connectivity index (χ3n) is 4.33.